The standard InChI is InChI=1S/2C3H8N2.4ClH.Cu.2Sn/c2*4-2-1-3-5;;;;;;;/h2*4-5H,1-3H2;4*1H;;;/q2*-2;;;;;3*+2/p-4. The van der Waals surface area contributed by atoms with Crippen LogP contribution in [0.2, 0.25) is 0 Å². The Labute approximate surface area is 150 Å². The first-order chi connectivity index (χ1) is 7.66. The molecule has 0 amide bonds. The normalized spacial score (nSPS) is 7.06. The smallest absolute Gasteiger partial charge is 0.677 e. The zero-order valence-electron chi connectivity index (χ0n) is 9.06. The maximum Gasteiger partial charge on any atom is 2.00 e. The van der Waals surface area contributed by atoms with Crippen LogP contribution >= 0.6 is 35.7 Å². The molecule has 0 unspecified atom stereocenters. The van der Waals surface area contributed by atoms with Crippen LogP contribution in [0.4, 0.5) is 0 Å². The van der Waals surface area contributed by atoms with Crippen LogP contribution in [0.25, 0.3) is 22.9 Å². The van der Waals surface area contributed by atoms with Crippen molar-refractivity contribution in [2.75, 3.05) is 26.2 Å². The molecule has 0 saturated carbocycles. The Kier molecular flexibility index (Phi) is 96.1. The molecule has 0 saturated heterocycles. The Bertz CT molecular complexity index is 72.0. The summed E-state index contributed by atoms with van der Waals surface area (Å²) in [6.45, 7) is 1.62. The molecule has 0 heterocycles. The van der Waals surface area contributed by atoms with Gasteiger partial charge in [0.05, 0.1) is 0 Å². The molecule has 0 bridgehead atoms. The van der Waals surface area contributed by atoms with Crippen LogP contribution in [-0.4, -0.2) is 64.0 Å². The van der Waals surface area contributed by atoms with E-state index in [0.717, 1.165) is 12.8 Å². The summed E-state index contributed by atoms with van der Waals surface area (Å²) in [5, 5.41) is 0. The summed E-state index contributed by atoms with van der Waals surface area (Å²) in [4.78, 5) is 0. The summed E-state index contributed by atoms with van der Waals surface area (Å²) in [5.41, 5.74) is 25.9. The molecule has 0 aliphatic heterocycles. The van der Waals surface area contributed by atoms with Crippen molar-refractivity contribution < 1.29 is 17.1 Å². The van der Waals surface area contributed by atoms with E-state index in [0.29, 0.717) is 26.2 Å². The summed E-state index contributed by atoms with van der Waals surface area (Å²) in [6.07, 6.45) is 1.44. The third-order valence-electron chi connectivity index (χ3n) is 0.707. The van der Waals surface area contributed by atoms with Gasteiger partial charge in [0.1, 0.15) is 0 Å². The second-order valence-corrected chi connectivity index (χ2v) is 10.3. The van der Waals surface area contributed by atoms with Gasteiger partial charge in [0.25, 0.3) is 0 Å². The molecule has 0 aromatic heterocycles. The molecule has 0 spiro atoms. The van der Waals surface area contributed by atoms with Crippen LogP contribution in [0, 0.1) is 0 Å². The van der Waals surface area contributed by atoms with Gasteiger partial charge in [-0.15, -0.1) is 0 Å². The van der Waals surface area contributed by atoms with Gasteiger partial charge < -0.3 is 22.9 Å². The molecule has 0 aromatic carbocycles. The van der Waals surface area contributed by atoms with E-state index in [9.17, 15) is 0 Å². The largest absolute Gasteiger partial charge is 2.00 e. The Morgan fingerprint density at radius 1 is 0.588 bits per heavy atom. The summed E-state index contributed by atoms with van der Waals surface area (Å²) >= 11 is -1.65. The quantitative estimate of drug-likeness (QED) is 0.417. The van der Waals surface area contributed by atoms with Crippen LogP contribution in [0.15, 0.2) is 0 Å². The first kappa shape index (κ1) is 32.2. The van der Waals surface area contributed by atoms with Crippen molar-refractivity contribution in [1.82, 2.24) is 0 Å². The van der Waals surface area contributed by atoms with Crippen molar-refractivity contribution >= 4 is 73.5 Å². The molecule has 0 fully saturated rings. The van der Waals surface area contributed by atoms with Crippen LogP contribution in [0.1, 0.15) is 12.8 Å². The zero-order chi connectivity index (χ0) is 13.7. The van der Waals surface area contributed by atoms with E-state index in [1.807, 2.05) is 0 Å². The molecule has 0 aromatic rings. The Morgan fingerprint density at radius 2 is 0.706 bits per heavy atom. The Balaban J connectivity index is -0.0000000381. The van der Waals surface area contributed by atoms with Crippen LogP contribution in [0.3, 0.4) is 0 Å². The number of rotatable bonds is 4. The molecule has 11 heteroatoms. The van der Waals surface area contributed by atoms with E-state index < -0.39 is 37.8 Å². The predicted octanol–water partition coefficient (Wildman–Crippen LogP) is 4.96. The average molecular weight is 587 g/mol. The maximum absolute atomic E-state index is 6.48. The van der Waals surface area contributed by atoms with Gasteiger partial charge in [-0.2, -0.15) is 26.2 Å². The summed E-state index contributed by atoms with van der Waals surface area (Å²) in [7, 11) is 19.7. The fourth-order valence-corrected chi connectivity index (χ4v) is 0.177. The summed E-state index contributed by atoms with van der Waals surface area (Å²) in [6, 6.07) is 0. The monoisotopic (exact) mass is 587 g/mol. The second-order valence-electron chi connectivity index (χ2n) is 1.85. The molecule has 4 nitrogen and oxygen atoms in total. The van der Waals surface area contributed by atoms with E-state index in [1.54, 1.807) is 0 Å². The van der Waals surface area contributed by atoms with E-state index in [2.05, 4.69) is 0 Å². The molecule has 0 aliphatic carbocycles. The number of halogens is 4. The van der Waals surface area contributed by atoms with E-state index in [-0.39, 0.29) is 17.1 Å². The second kappa shape index (κ2) is 50.8. The molecule has 4 N–H and O–H groups in total. The van der Waals surface area contributed by atoms with E-state index in [4.69, 9.17) is 58.6 Å². The first-order valence-corrected chi connectivity index (χ1v) is 18.6. The minimum atomic E-state index is -0.826. The molecule has 0 rings (SSSR count). The van der Waals surface area contributed by atoms with Crippen molar-refractivity contribution in [1.29, 1.82) is 0 Å². The van der Waals surface area contributed by atoms with E-state index in [1.165, 1.54) is 0 Å². The van der Waals surface area contributed by atoms with Gasteiger partial charge in [-0.05, 0) is 0 Å². The SMILES string of the molecule is [Cl][Sn][Cl].[Cl][Sn][Cl].[Cu+2].[NH-]CCC[NH-].[NH-]CCC[NH-]. The predicted molar refractivity (Wildman–Crippen MR) is 80.9 cm³/mol. The summed E-state index contributed by atoms with van der Waals surface area (Å²) in [5.74, 6) is 0. The van der Waals surface area contributed by atoms with Gasteiger partial charge in [-0.25, -0.2) is 0 Å². The minimum Gasteiger partial charge on any atom is -0.677 e. The average Bonchev–Trinajstić information content (AvgIpc) is 2.23. The van der Waals surface area contributed by atoms with Crippen LogP contribution in [0.5, 0.6) is 0 Å². The number of hydrogen-bond acceptors (Lipinski definition) is 0. The van der Waals surface area contributed by atoms with Gasteiger partial charge in [-0.1, -0.05) is 12.8 Å². The Morgan fingerprint density at radius 3 is 0.706 bits per heavy atom. The Hall–Kier alpha value is 3.12. The van der Waals surface area contributed by atoms with Crippen molar-refractivity contribution in [3.63, 3.8) is 0 Å². The zero-order valence-corrected chi connectivity index (χ0v) is 18.7. The van der Waals surface area contributed by atoms with Gasteiger partial charge in [-0.3, -0.25) is 0 Å². The van der Waals surface area contributed by atoms with Crippen molar-refractivity contribution in [3.05, 3.63) is 22.9 Å². The van der Waals surface area contributed by atoms with Gasteiger partial charge in [0, 0.05) is 0 Å². The van der Waals surface area contributed by atoms with Crippen molar-refractivity contribution in [2.24, 2.45) is 0 Å². The van der Waals surface area contributed by atoms with Crippen molar-refractivity contribution in [2.45, 2.75) is 12.8 Å². The number of hydrogen-bond donors (Lipinski definition) is 0. The van der Waals surface area contributed by atoms with Gasteiger partial charge in [0.15, 0.2) is 0 Å². The fraction of sp³-hybridized carbons (Fsp3) is 1.00. The molecule has 0 aliphatic rings. The van der Waals surface area contributed by atoms with Gasteiger partial charge >= 0.3 is 90.5 Å². The molecule has 109 valence electrons. The van der Waals surface area contributed by atoms with Crippen LogP contribution in [-0.2, 0) is 17.1 Å². The topological polar surface area (TPSA) is 95.2 Å². The molecule has 17 heavy (non-hydrogen) atoms. The fourth-order valence-electron chi connectivity index (χ4n) is 0.177. The first-order valence-electron chi connectivity index (χ1n) is 4.17. The van der Waals surface area contributed by atoms with Crippen LogP contribution < -0.4 is 0 Å². The molecule has 0 atom stereocenters. The third kappa shape index (κ3) is 111. The maximum atomic E-state index is 6.48. The van der Waals surface area contributed by atoms with Gasteiger partial charge in [0.2, 0.25) is 0 Å². The minimum absolute atomic E-state index is 0. The van der Waals surface area contributed by atoms with E-state index >= 15 is 0 Å². The molecular weight excluding hydrogens is 571 g/mol. The number of nitrogens with one attached hydrogen (secondary N) is 4. The molecule has 5 radical (unpaired) electrons. The van der Waals surface area contributed by atoms with Crippen molar-refractivity contribution in [3.8, 4) is 0 Å². The summed E-state index contributed by atoms with van der Waals surface area (Å²) < 4.78 is 0. The third-order valence-corrected chi connectivity index (χ3v) is 0.707. The molecular formula is C6H16Cl4CuN4Sn2-2.